The second-order valence-electron chi connectivity index (χ2n) is 5.25. The second-order valence-corrected chi connectivity index (χ2v) is 5.25. The fourth-order valence-electron chi connectivity index (χ4n) is 2.21. The number of hydrogen-bond donors (Lipinski definition) is 3. The first-order valence-corrected chi connectivity index (χ1v) is 7.29. The number of para-hydroxylation sites is 1. The molecular formula is C16H26N2O2. The summed E-state index contributed by atoms with van der Waals surface area (Å²) in [7, 11) is 0. The summed E-state index contributed by atoms with van der Waals surface area (Å²) in [4.78, 5) is 12.0. The highest BCUT2D eigenvalue weighted by Gasteiger charge is 2.13. The lowest BCUT2D eigenvalue weighted by atomic mass is 10.1. The van der Waals surface area contributed by atoms with E-state index in [0.29, 0.717) is 6.42 Å². The summed E-state index contributed by atoms with van der Waals surface area (Å²) >= 11 is 0. The molecule has 0 radical (unpaired) electrons. The van der Waals surface area contributed by atoms with Crippen molar-refractivity contribution in [1.29, 1.82) is 0 Å². The highest BCUT2D eigenvalue weighted by molar-refractivity contribution is 5.91. The Morgan fingerprint density at radius 1 is 1.35 bits per heavy atom. The number of aliphatic hydroxyl groups is 1. The molecule has 1 amide bonds. The van der Waals surface area contributed by atoms with E-state index in [1.165, 1.54) is 0 Å². The number of aryl methyl sites for hydroxylation is 1. The van der Waals surface area contributed by atoms with Crippen LogP contribution in [-0.2, 0) is 4.79 Å². The van der Waals surface area contributed by atoms with Crippen LogP contribution in [-0.4, -0.2) is 29.7 Å². The molecule has 0 aromatic heterocycles. The molecule has 20 heavy (non-hydrogen) atoms. The van der Waals surface area contributed by atoms with E-state index in [1.807, 2.05) is 38.1 Å². The molecule has 3 N–H and O–H groups in total. The van der Waals surface area contributed by atoms with Crippen LogP contribution in [0.5, 0.6) is 0 Å². The Kier molecular flexibility index (Phi) is 7.26. The van der Waals surface area contributed by atoms with Crippen LogP contribution < -0.4 is 10.6 Å². The minimum atomic E-state index is 0.0122. The van der Waals surface area contributed by atoms with Gasteiger partial charge < -0.3 is 15.7 Å². The fraction of sp³-hybridized carbons (Fsp3) is 0.562. The largest absolute Gasteiger partial charge is 0.396 e. The number of carbonyl (C=O) groups excluding carboxylic acids is 1. The van der Waals surface area contributed by atoms with Crippen molar-refractivity contribution in [2.24, 2.45) is 0 Å². The minimum absolute atomic E-state index is 0.0122. The summed E-state index contributed by atoms with van der Waals surface area (Å²) in [5, 5.41) is 15.3. The predicted molar refractivity (Wildman–Crippen MR) is 82.8 cm³/mol. The van der Waals surface area contributed by atoms with E-state index >= 15 is 0 Å². The highest BCUT2D eigenvalue weighted by atomic mass is 16.3. The van der Waals surface area contributed by atoms with Gasteiger partial charge in [0.25, 0.3) is 0 Å². The van der Waals surface area contributed by atoms with Crippen LogP contribution in [0.3, 0.4) is 0 Å². The van der Waals surface area contributed by atoms with E-state index in [9.17, 15) is 4.79 Å². The average Bonchev–Trinajstić information content (AvgIpc) is 2.40. The number of aliphatic hydroxyl groups excluding tert-OH is 1. The van der Waals surface area contributed by atoms with E-state index in [4.69, 9.17) is 5.11 Å². The first kappa shape index (κ1) is 16.7. The van der Waals surface area contributed by atoms with Crippen molar-refractivity contribution >= 4 is 11.6 Å². The van der Waals surface area contributed by atoms with E-state index < -0.39 is 0 Å². The third kappa shape index (κ3) is 5.72. The number of nitrogens with one attached hydrogen (secondary N) is 2. The Labute approximate surface area is 121 Å². The van der Waals surface area contributed by atoms with Gasteiger partial charge in [-0.15, -0.1) is 0 Å². The van der Waals surface area contributed by atoms with Gasteiger partial charge in [0.15, 0.2) is 0 Å². The SMILES string of the molecule is CCC(CCO)NC(C)CC(=O)Nc1ccccc1C. The maximum Gasteiger partial charge on any atom is 0.225 e. The van der Waals surface area contributed by atoms with Gasteiger partial charge in [-0.3, -0.25) is 4.79 Å². The molecule has 0 aliphatic rings. The molecule has 0 saturated heterocycles. The fourth-order valence-corrected chi connectivity index (χ4v) is 2.21. The van der Waals surface area contributed by atoms with Crippen molar-refractivity contribution in [3.8, 4) is 0 Å². The highest BCUT2D eigenvalue weighted by Crippen LogP contribution is 2.13. The molecule has 1 aromatic carbocycles. The zero-order valence-electron chi connectivity index (χ0n) is 12.6. The van der Waals surface area contributed by atoms with Crippen LogP contribution in [0.15, 0.2) is 24.3 Å². The van der Waals surface area contributed by atoms with E-state index in [2.05, 4.69) is 17.6 Å². The van der Waals surface area contributed by atoms with Crippen molar-refractivity contribution in [2.75, 3.05) is 11.9 Å². The summed E-state index contributed by atoms with van der Waals surface area (Å²) in [5.41, 5.74) is 1.93. The average molecular weight is 278 g/mol. The van der Waals surface area contributed by atoms with Crippen molar-refractivity contribution in [3.63, 3.8) is 0 Å². The molecule has 0 saturated carbocycles. The monoisotopic (exact) mass is 278 g/mol. The van der Waals surface area contributed by atoms with Gasteiger partial charge in [0.1, 0.15) is 0 Å². The Bertz CT molecular complexity index is 421. The lowest BCUT2D eigenvalue weighted by Crippen LogP contribution is -2.38. The van der Waals surface area contributed by atoms with Crippen molar-refractivity contribution in [1.82, 2.24) is 5.32 Å². The van der Waals surface area contributed by atoms with Gasteiger partial charge in [-0.2, -0.15) is 0 Å². The summed E-state index contributed by atoms with van der Waals surface area (Å²) in [6.07, 6.45) is 2.10. The lowest BCUT2D eigenvalue weighted by Gasteiger charge is -2.21. The molecule has 2 atom stereocenters. The third-order valence-electron chi connectivity index (χ3n) is 3.40. The first-order chi connectivity index (χ1) is 9.56. The molecule has 1 aromatic rings. The summed E-state index contributed by atoms with van der Waals surface area (Å²) in [6, 6.07) is 8.11. The Balaban J connectivity index is 2.43. The molecular weight excluding hydrogens is 252 g/mol. The van der Waals surface area contributed by atoms with E-state index in [-0.39, 0.29) is 24.6 Å². The zero-order chi connectivity index (χ0) is 15.0. The number of amides is 1. The summed E-state index contributed by atoms with van der Waals surface area (Å²) in [5.74, 6) is 0.0122. The van der Waals surface area contributed by atoms with Crippen LogP contribution >= 0.6 is 0 Å². The van der Waals surface area contributed by atoms with Gasteiger partial charge in [-0.05, 0) is 38.3 Å². The van der Waals surface area contributed by atoms with Gasteiger partial charge >= 0.3 is 0 Å². The topological polar surface area (TPSA) is 61.4 Å². The Morgan fingerprint density at radius 3 is 2.65 bits per heavy atom. The Hall–Kier alpha value is -1.39. The van der Waals surface area contributed by atoms with Crippen molar-refractivity contribution in [2.45, 2.75) is 52.1 Å². The number of carbonyl (C=O) groups is 1. The van der Waals surface area contributed by atoms with Gasteiger partial charge in [0.2, 0.25) is 5.91 Å². The van der Waals surface area contributed by atoms with Crippen LogP contribution in [0, 0.1) is 6.92 Å². The standard InChI is InChI=1S/C16H26N2O2/c1-4-14(9-10-19)17-13(3)11-16(20)18-15-8-6-5-7-12(15)2/h5-8,13-14,17,19H,4,9-11H2,1-3H3,(H,18,20). The van der Waals surface area contributed by atoms with Crippen LogP contribution in [0.2, 0.25) is 0 Å². The van der Waals surface area contributed by atoms with Crippen LogP contribution in [0.1, 0.15) is 38.7 Å². The molecule has 2 unspecified atom stereocenters. The number of anilines is 1. The molecule has 0 fully saturated rings. The van der Waals surface area contributed by atoms with Gasteiger partial charge in [0, 0.05) is 30.8 Å². The molecule has 4 nitrogen and oxygen atoms in total. The maximum atomic E-state index is 12.0. The number of rotatable bonds is 8. The van der Waals surface area contributed by atoms with Gasteiger partial charge in [-0.25, -0.2) is 0 Å². The third-order valence-corrected chi connectivity index (χ3v) is 3.40. The molecule has 0 aliphatic carbocycles. The van der Waals surface area contributed by atoms with Gasteiger partial charge in [0.05, 0.1) is 0 Å². The van der Waals surface area contributed by atoms with Crippen molar-refractivity contribution in [3.05, 3.63) is 29.8 Å². The number of hydrogen-bond acceptors (Lipinski definition) is 3. The van der Waals surface area contributed by atoms with E-state index in [1.54, 1.807) is 0 Å². The molecule has 0 spiro atoms. The normalized spacial score (nSPS) is 13.8. The summed E-state index contributed by atoms with van der Waals surface area (Å²) in [6.45, 7) is 6.23. The molecule has 0 bridgehead atoms. The Morgan fingerprint density at radius 2 is 2.05 bits per heavy atom. The van der Waals surface area contributed by atoms with E-state index in [0.717, 1.165) is 24.1 Å². The second kappa shape index (κ2) is 8.72. The zero-order valence-corrected chi connectivity index (χ0v) is 12.6. The van der Waals surface area contributed by atoms with Crippen LogP contribution in [0.25, 0.3) is 0 Å². The lowest BCUT2D eigenvalue weighted by molar-refractivity contribution is -0.116. The molecule has 0 aliphatic heterocycles. The molecule has 4 heteroatoms. The summed E-state index contributed by atoms with van der Waals surface area (Å²) < 4.78 is 0. The van der Waals surface area contributed by atoms with Gasteiger partial charge in [-0.1, -0.05) is 25.1 Å². The predicted octanol–water partition coefficient (Wildman–Crippen LogP) is 2.46. The van der Waals surface area contributed by atoms with Crippen LogP contribution in [0.4, 0.5) is 5.69 Å². The first-order valence-electron chi connectivity index (χ1n) is 7.29. The molecule has 112 valence electrons. The van der Waals surface area contributed by atoms with Crippen molar-refractivity contribution < 1.29 is 9.90 Å². The smallest absolute Gasteiger partial charge is 0.225 e. The quantitative estimate of drug-likeness (QED) is 0.684. The molecule has 0 heterocycles. The molecule has 1 rings (SSSR count). The number of benzene rings is 1. The maximum absolute atomic E-state index is 12.0. The minimum Gasteiger partial charge on any atom is -0.396 e.